The summed E-state index contributed by atoms with van der Waals surface area (Å²) in [7, 11) is 0. The van der Waals surface area contributed by atoms with Crippen molar-refractivity contribution in [1.82, 2.24) is 9.97 Å². The first-order chi connectivity index (χ1) is 13.2. The molecule has 138 valence electrons. The number of ether oxygens (including phenoxy) is 1. The summed E-state index contributed by atoms with van der Waals surface area (Å²) in [5.74, 6) is 1.07. The lowest BCUT2D eigenvalue weighted by Gasteiger charge is -2.14. The highest BCUT2D eigenvalue weighted by Gasteiger charge is 2.10. The zero-order chi connectivity index (χ0) is 19.1. The van der Waals surface area contributed by atoms with Crippen molar-refractivity contribution >= 4 is 17.4 Å². The van der Waals surface area contributed by atoms with Crippen LogP contribution in [-0.4, -0.2) is 22.5 Å². The average Bonchev–Trinajstić information content (AvgIpc) is 2.71. The molecule has 0 saturated carbocycles. The highest BCUT2D eigenvalue weighted by atomic mass is 16.5. The molecule has 1 aromatic heterocycles. The summed E-state index contributed by atoms with van der Waals surface area (Å²) in [5.41, 5.74) is 2.07. The highest BCUT2D eigenvalue weighted by molar-refractivity contribution is 6.02. The van der Waals surface area contributed by atoms with Crippen molar-refractivity contribution in [3.05, 3.63) is 78.2 Å². The average molecular weight is 362 g/mol. The summed E-state index contributed by atoms with van der Waals surface area (Å²) in [6, 6.07) is 17.3. The third-order valence-electron chi connectivity index (χ3n) is 3.97. The second kappa shape index (κ2) is 8.80. The van der Waals surface area contributed by atoms with Gasteiger partial charge in [0, 0.05) is 11.7 Å². The summed E-state index contributed by atoms with van der Waals surface area (Å²) in [6.45, 7) is 4.57. The van der Waals surface area contributed by atoms with Crippen LogP contribution >= 0.6 is 0 Å². The van der Waals surface area contributed by atoms with Gasteiger partial charge in [-0.3, -0.25) is 4.79 Å². The van der Waals surface area contributed by atoms with Crippen LogP contribution in [0.4, 0.5) is 11.5 Å². The number of hydrogen-bond donors (Lipinski definition) is 2. The van der Waals surface area contributed by atoms with Gasteiger partial charge in [0.1, 0.15) is 17.3 Å². The maximum atomic E-state index is 12.3. The van der Waals surface area contributed by atoms with E-state index < -0.39 is 0 Å². The molecule has 6 nitrogen and oxygen atoms in total. The van der Waals surface area contributed by atoms with Gasteiger partial charge in [-0.05, 0) is 43.7 Å². The molecular formula is C21H22N4O2. The van der Waals surface area contributed by atoms with Gasteiger partial charge in [-0.25, -0.2) is 9.97 Å². The fourth-order valence-electron chi connectivity index (χ4n) is 2.56. The lowest BCUT2D eigenvalue weighted by Crippen LogP contribution is -2.15. The van der Waals surface area contributed by atoms with Crippen molar-refractivity contribution in [3.63, 3.8) is 0 Å². The van der Waals surface area contributed by atoms with E-state index >= 15 is 0 Å². The molecule has 27 heavy (non-hydrogen) atoms. The van der Waals surface area contributed by atoms with Crippen molar-refractivity contribution in [2.24, 2.45) is 0 Å². The predicted molar refractivity (Wildman–Crippen MR) is 106 cm³/mol. The molecule has 1 amide bonds. The van der Waals surface area contributed by atoms with Gasteiger partial charge in [0.15, 0.2) is 0 Å². The first kappa shape index (κ1) is 18.4. The van der Waals surface area contributed by atoms with Crippen LogP contribution in [0.15, 0.2) is 67.0 Å². The van der Waals surface area contributed by atoms with E-state index in [2.05, 4.69) is 20.6 Å². The summed E-state index contributed by atoms with van der Waals surface area (Å²) in [4.78, 5) is 20.8. The van der Waals surface area contributed by atoms with Crippen molar-refractivity contribution in [1.29, 1.82) is 0 Å². The number of aromatic nitrogens is 2. The maximum absolute atomic E-state index is 12.3. The third-order valence-corrected chi connectivity index (χ3v) is 3.97. The lowest BCUT2D eigenvalue weighted by molar-refractivity contribution is 0.102. The number of rotatable bonds is 7. The SMILES string of the molecule is CCOc1ccc(NC(=O)c2cnc(NC(C)c3ccccc3)cn2)cc1. The van der Waals surface area contributed by atoms with Gasteiger partial charge in [0.25, 0.3) is 5.91 Å². The smallest absolute Gasteiger partial charge is 0.275 e. The Bertz CT molecular complexity index is 865. The fourth-order valence-corrected chi connectivity index (χ4v) is 2.56. The van der Waals surface area contributed by atoms with Crippen LogP contribution in [0.3, 0.4) is 0 Å². The van der Waals surface area contributed by atoms with Crippen molar-refractivity contribution in [3.8, 4) is 5.75 Å². The normalized spacial score (nSPS) is 11.5. The number of nitrogens with one attached hydrogen (secondary N) is 2. The van der Waals surface area contributed by atoms with Gasteiger partial charge in [-0.15, -0.1) is 0 Å². The van der Waals surface area contributed by atoms with E-state index in [1.54, 1.807) is 18.3 Å². The number of carbonyl (C=O) groups is 1. The van der Waals surface area contributed by atoms with Gasteiger partial charge in [0.05, 0.1) is 19.0 Å². The fraction of sp³-hybridized carbons (Fsp3) is 0.190. The molecule has 0 radical (unpaired) electrons. The van der Waals surface area contributed by atoms with Gasteiger partial charge < -0.3 is 15.4 Å². The second-order valence-corrected chi connectivity index (χ2v) is 5.98. The highest BCUT2D eigenvalue weighted by Crippen LogP contribution is 2.18. The van der Waals surface area contributed by atoms with Crippen LogP contribution in [0.5, 0.6) is 5.75 Å². The minimum atomic E-state index is -0.311. The minimum Gasteiger partial charge on any atom is -0.494 e. The zero-order valence-electron chi connectivity index (χ0n) is 15.3. The van der Waals surface area contributed by atoms with Crippen LogP contribution in [0.2, 0.25) is 0 Å². The Balaban J connectivity index is 1.60. The monoisotopic (exact) mass is 362 g/mol. The van der Waals surface area contributed by atoms with Crippen LogP contribution in [0, 0.1) is 0 Å². The van der Waals surface area contributed by atoms with E-state index in [0.717, 1.165) is 11.3 Å². The van der Waals surface area contributed by atoms with Crippen LogP contribution in [-0.2, 0) is 0 Å². The first-order valence-corrected chi connectivity index (χ1v) is 8.83. The maximum Gasteiger partial charge on any atom is 0.275 e. The molecule has 3 rings (SSSR count). The zero-order valence-corrected chi connectivity index (χ0v) is 15.3. The molecule has 3 aromatic rings. The van der Waals surface area contributed by atoms with E-state index in [-0.39, 0.29) is 17.6 Å². The Kier molecular flexibility index (Phi) is 5.99. The molecule has 1 heterocycles. The molecule has 6 heteroatoms. The summed E-state index contributed by atoms with van der Waals surface area (Å²) >= 11 is 0. The van der Waals surface area contributed by atoms with Crippen molar-refractivity contribution in [2.45, 2.75) is 19.9 Å². The molecule has 0 spiro atoms. The van der Waals surface area contributed by atoms with Crippen LogP contribution in [0.1, 0.15) is 35.9 Å². The molecular weight excluding hydrogens is 340 g/mol. The van der Waals surface area contributed by atoms with Gasteiger partial charge in [0.2, 0.25) is 0 Å². The number of anilines is 2. The summed E-state index contributed by atoms with van der Waals surface area (Å²) in [5, 5.41) is 6.07. The molecule has 0 bridgehead atoms. The molecule has 2 aromatic carbocycles. The van der Waals surface area contributed by atoms with Gasteiger partial charge in [-0.2, -0.15) is 0 Å². The largest absolute Gasteiger partial charge is 0.494 e. The quantitative estimate of drug-likeness (QED) is 0.655. The second-order valence-electron chi connectivity index (χ2n) is 5.98. The Morgan fingerprint density at radius 1 is 1.04 bits per heavy atom. The number of benzene rings is 2. The van der Waals surface area contributed by atoms with Crippen molar-refractivity contribution < 1.29 is 9.53 Å². The van der Waals surface area contributed by atoms with Crippen molar-refractivity contribution in [2.75, 3.05) is 17.2 Å². The molecule has 1 unspecified atom stereocenters. The Morgan fingerprint density at radius 3 is 2.41 bits per heavy atom. The van der Waals surface area contributed by atoms with E-state index in [1.165, 1.54) is 6.20 Å². The van der Waals surface area contributed by atoms with Crippen LogP contribution in [0.25, 0.3) is 0 Å². The van der Waals surface area contributed by atoms with E-state index in [1.807, 2.05) is 56.3 Å². The van der Waals surface area contributed by atoms with Crippen LogP contribution < -0.4 is 15.4 Å². The first-order valence-electron chi connectivity index (χ1n) is 8.83. The molecule has 0 aliphatic heterocycles. The molecule has 0 saturated heterocycles. The topological polar surface area (TPSA) is 76.1 Å². The van der Waals surface area contributed by atoms with E-state index in [0.29, 0.717) is 18.1 Å². The van der Waals surface area contributed by atoms with E-state index in [4.69, 9.17) is 4.74 Å². The summed E-state index contributed by atoms with van der Waals surface area (Å²) < 4.78 is 5.39. The third kappa shape index (κ3) is 5.04. The predicted octanol–water partition coefficient (Wildman–Crippen LogP) is 4.30. The molecule has 1 atom stereocenters. The standard InChI is InChI=1S/C21H22N4O2/c1-3-27-18-11-9-17(10-12-18)25-21(26)19-13-23-20(14-22-19)24-15(2)16-7-5-4-6-8-16/h4-15H,3H2,1-2H3,(H,23,24)(H,25,26). The number of carbonyl (C=O) groups excluding carboxylic acids is 1. The molecule has 0 aliphatic rings. The number of nitrogens with zero attached hydrogens (tertiary/aromatic N) is 2. The van der Waals surface area contributed by atoms with Gasteiger partial charge >= 0.3 is 0 Å². The Hall–Kier alpha value is -3.41. The number of hydrogen-bond acceptors (Lipinski definition) is 5. The number of amides is 1. The molecule has 2 N–H and O–H groups in total. The Morgan fingerprint density at radius 2 is 1.78 bits per heavy atom. The lowest BCUT2D eigenvalue weighted by atomic mass is 10.1. The van der Waals surface area contributed by atoms with Gasteiger partial charge in [-0.1, -0.05) is 30.3 Å². The molecule has 0 fully saturated rings. The Labute approximate surface area is 158 Å². The summed E-state index contributed by atoms with van der Waals surface area (Å²) in [6.07, 6.45) is 3.02. The minimum absolute atomic E-state index is 0.0871. The molecule has 0 aliphatic carbocycles. The van der Waals surface area contributed by atoms with E-state index in [9.17, 15) is 4.79 Å².